The van der Waals surface area contributed by atoms with Crippen LogP contribution < -0.4 is 16.4 Å². The molecule has 1 heterocycles. The molecule has 4 N–H and O–H groups in total. The maximum atomic E-state index is 11.3. The quantitative estimate of drug-likeness (QED) is 0.301. The molecule has 0 radical (unpaired) electrons. The van der Waals surface area contributed by atoms with Crippen molar-refractivity contribution in [3.8, 4) is 0 Å². The fraction of sp³-hybridized carbons (Fsp3) is 0.308. The molecule has 1 aromatic carbocycles. The van der Waals surface area contributed by atoms with E-state index in [1.54, 1.807) is 0 Å². The molecule has 0 unspecified atom stereocenters. The van der Waals surface area contributed by atoms with Gasteiger partial charge in [0.15, 0.2) is 5.96 Å². The van der Waals surface area contributed by atoms with Crippen molar-refractivity contribution in [2.24, 2.45) is 10.7 Å². The van der Waals surface area contributed by atoms with Gasteiger partial charge in [-0.25, -0.2) is 4.79 Å². The Kier molecular flexibility index (Phi) is 6.40. The van der Waals surface area contributed by atoms with Gasteiger partial charge in [-0.3, -0.25) is 14.7 Å². The summed E-state index contributed by atoms with van der Waals surface area (Å²) in [6.07, 6.45) is 0. The van der Waals surface area contributed by atoms with Crippen LogP contribution in [0, 0.1) is 6.92 Å². The Morgan fingerprint density at radius 2 is 2.05 bits per heavy atom. The number of hydrogen-bond donors (Lipinski definition) is 3. The second-order valence-electron chi connectivity index (χ2n) is 4.46. The summed E-state index contributed by atoms with van der Waals surface area (Å²) in [6, 6.07) is 7.34. The van der Waals surface area contributed by atoms with E-state index in [0.29, 0.717) is 0 Å². The summed E-state index contributed by atoms with van der Waals surface area (Å²) < 4.78 is 0. The van der Waals surface area contributed by atoms with Gasteiger partial charge in [0.05, 0.1) is 19.6 Å². The highest BCUT2D eigenvalue weighted by atomic mass is 127. The lowest BCUT2D eigenvalue weighted by Gasteiger charge is -2.10. The van der Waals surface area contributed by atoms with Gasteiger partial charge in [0.1, 0.15) is 0 Å². The van der Waals surface area contributed by atoms with Crippen molar-refractivity contribution < 1.29 is 9.59 Å². The second kappa shape index (κ2) is 7.81. The van der Waals surface area contributed by atoms with Gasteiger partial charge in [-0.15, -0.1) is 24.0 Å². The molecule has 0 aromatic heterocycles. The molecule has 0 atom stereocenters. The topological polar surface area (TPSA) is 99.8 Å². The zero-order valence-corrected chi connectivity index (χ0v) is 14.0. The third-order valence-corrected chi connectivity index (χ3v) is 2.87. The van der Waals surface area contributed by atoms with Crippen LogP contribution >= 0.6 is 24.0 Å². The number of benzene rings is 1. The summed E-state index contributed by atoms with van der Waals surface area (Å²) >= 11 is 0. The van der Waals surface area contributed by atoms with Crippen molar-refractivity contribution in [3.05, 3.63) is 29.8 Å². The van der Waals surface area contributed by atoms with Crippen LogP contribution in [0.5, 0.6) is 0 Å². The third-order valence-electron chi connectivity index (χ3n) is 2.87. The molecular weight excluding hydrogens is 385 g/mol. The minimum atomic E-state index is -0.379. The van der Waals surface area contributed by atoms with Crippen LogP contribution in [0.4, 0.5) is 10.5 Å². The van der Waals surface area contributed by atoms with Gasteiger partial charge in [-0.1, -0.05) is 17.7 Å². The Hall–Kier alpha value is -1.84. The summed E-state index contributed by atoms with van der Waals surface area (Å²) in [4.78, 5) is 27.8. The molecule has 114 valence electrons. The summed E-state index contributed by atoms with van der Waals surface area (Å²) in [5, 5.41) is 5.39. The summed E-state index contributed by atoms with van der Waals surface area (Å²) in [7, 11) is 0. The van der Waals surface area contributed by atoms with E-state index < -0.39 is 0 Å². The molecule has 0 spiro atoms. The number of carbonyl (C=O) groups excluding carboxylic acids is 2. The van der Waals surface area contributed by atoms with Gasteiger partial charge in [-0.2, -0.15) is 0 Å². The van der Waals surface area contributed by atoms with Crippen molar-refractivity contribution in [1.82, 2.24) is 10.2 Å². The number of rotatable bonds is 4. The predicted molar refractivity (Wildman–Crippen MR) is 91.8 cm³/mol. The van der Waals surface area contributed by atoms with Gasteiger partial charge in [0, 0.05) is 5.69 Å². The molecule has 2 rings (SSSR count). The Morgan fingerprint density at radius 3 is 2.62 bits per heavy atom. The van der Waals surface area contributed by atoms with Gasteiger partial charge < -0.3 is 16.4 Å². The molecule has 1 fully saturated rings. The van der Waals surface area contributed by atoms with Crippen LogP contribution in [0.2, 0.25) is 0 Å². The number of aliphatic imine (C=N–C) groups is 1. The van der Waals surface area contributed by atoms with Crippen LogP contribution in [0.15, 0.2) is 29.3 Å². The van der Waals surface area contributed by atoms with Crippen molar-refractivity contribution in [2.75, 3.05) is 25.0 Å². The zero-order valence-electron chi connectivity index (χ0n) is 11.6. The van der Waals surface area contributed by atoms with Crippen molar-refractivity contribution in [1.29, 1.82) is 0 Å². The minimum absolute atomic E-state index is 0. The van der Waals surface area contributed by atoms with Gasteiger partial charge in [0.2, 0.25) is 5.91 Å². The molecule has 7 nitrogen and oxygen atoms in total. The molecule has 1 aliphatic rings. The van der Waals surface area contributed by atoms with Gasteiger partial charge in [-0.05, 0) is 19.1 Å². The van der Waals surface area contributed by atoms with Crippen molar-refractivity contribution in [3.63, 3.8) is 0 Å². The SMILES string of the molecule is Cc1ccc(NC(N)=NCCN2C(=O)CNC2=O)cc1.I. The van der Waals surface area contributed by atoms with Crippen molar-refractivity contribution in [2.45, 2.75) is 6.92 Å². The predicted octanol–water partition coefficient (Wildman–Crippen LogP) is 0.891. The largest absolute Gasteiger partial charge is 0.370 e. The monoisotopic (exact) mass is 403 g/mol. The second-order valence-corrected chi connectivity index (χ2v) is 4.46. The molecule has 1 aliphatic heterocycles. The summed E-state index contributed by atoms with van der Waals surface area (Å²) in [5.41, 5.74) is 7.73. The zero-order chi connectivity index (χ0) is 14.5. The number of guanidine groups is 1. The molecule has 1 aromatic rings. The maximum absolute atomic E-state index is 11.3. The van der Waals surface area contributed by atoms with E-state index in [2.05, 4.69) is 15.6 Å². The van der Waals surface area contributed by atoms with Crippen LogP contribution in [-0.2, 0) is 4.79 Å². The number of nitrogens with zero attached hydrogens (tertiary/aromatic N) is 2. The number of carbonyl (C=O) groups is 2. The Balaban J connectivity index is 0.00000220. The lowest BCUT2D eigenvalue weighted by atomic mass is 10.2. The molecule has 8 heteroatoms. The van der Waals surface area contributed by atoms with E-state index in [4.69, 9.17) is 5.73 Å². The first-order valence-corrected chi connectivity index (χ1v) is 6.28. The van der Waals surface area contributed by atoms with E-state index in [9.17, 15) is 9.59 Å². The molecule has 0 aliphatic carbocycles. The van der Waals surface area contributed by atoms with Gasteiger partial charge >= 0.3 is 6.03 Å². The number of amides is 3. The first-order valence-electron chi connectivity index (χ1n) is 6.28. The first kappa shape index (κ1) is 17.2. The average Bonchev–Trinajstić information content (AvgIpc) is 2.73. The van der Waals surface area contributed by atoms with E-state index in [1.807, 2.05) is 31.2 Å². The minimum Gasteiger partial charge on any atom is -0.370 e. The first-order chi connectivity index (χ1) is 9.56. The van der Waals surface area contributed by atoms with Crippen LogP contribution in [0.25, 0.3) is 0 Å². The smallest absolute Gasteiger partial charge is 0.324 e. The number of imide groups is 1. The number of halogens is 1. The number of nitrogens with one attached hydrogen (secondary N) is 2. The summed E-state index contributed by atoms with van der Waals surface area (Å²) in [6.45, 7) is 2.55. The number of anilines is 1. The highest BCUT2D eigenvalue weighted by molar-refractivity contribution is 14.0. The number of nitrogens with two attached hydrogens (primary N) is 1. The third kappa shape index (κ3) is 4.88. The lowest BCUT2D eigenvalue weighted by molar-refractivity contribution is -0.124. The fourth-order valence-corrected chi connectivity index (χ4v) is 1.78. The van der Waals surface area contributed by atoms with E-state index >= 15 is 0 Å². The van der Waals surface area contributed by atoms with Gasteiger partial charge in [0.25, 0.3) is 0 Å². The molecule has 1 saturated heterocycles. The van der Waals surface area contributed by atoms with E-state index in [-0.39, 0.29) is 61.5 Å². The number of urea groups is 1. The standard InChI is InChI=1S/C13H17N5O2.HI/c1-9-2-4-10(5-3-9)17-12(14)15-6-7-18-11(19)8-16-13(18)20;/h2-5H,6-8H2,1H3,(H,16,20)(H3,14,15,17);1H. The molecule has 0 saturated carbocycles. The Bertz CT molecular complexity index is 528. The molecular formula is C13H18IN5O2. The van der Waals surface area contributed by atoms with Crippen LogP contribution in [0.3, 0.4) is 0 Å². The molecule has 3 amide bonds. The van der Waals surface area contributed by atoms with Crippen molar-refractivity contribution >= 4 is 47.6 Å². The Morgan fingerprint density at radius 1 is 1.38 bits per heavy atom. The maximum Gasteiger partial charge on any atom is 0.324 e. The highest BCUT2D eigenvalue weighted by Gasteiger charge is 2.27. The summed E-state index contributed by atoms with van der Waals surface area (Å²) in [5.74, 6) is 0.0103. The normalized spacial score (nSPS) is 14.7. The Labute approximate surface area is 140 Å². The van der Waals surface area contributed by atoms with E-state index in [0.717, 1.165) is 16.2 Å². The fourth-order valence-electron chi connectivity index (χ4n) is 1.78. The highest BCUT2D eigenvalue weighted by Crippen LogP contribution is 2.07. The number of aryl methyl sites for hydroxylation is 1. The van der Waals surface area contributed by atoms with E-state index in [1.165, 1.54) is 0 Å². The van der Waals surface area contributed by atoms with Crippen LogP contribution in [-0.4, -0.2) is 42.4 Å². The molecule has 21 heavy (non-hydrogen) atoms. The lowest BCUT2D eigenvalue weighted by Crippen LogP contribution is -2.34. The average molecular weight is 403 g/mol. The van der Waals surface area contributed by atoms with Crippen LogP contribution in [0.1, 0.15) is 5.56 Å². The number of hydrogen-bond acceptors (Lipinski definition) is 3. The molecule has 0 bridgehead atoms.